The second-order valence-electron chi connectivity index (χ2n) is 6.11. The topological polar surface area (TPSA) is 114 Å². The molecule has 1 saturated heterocycles. The van der Waals surface area contributed by atoms with E-state index in [0.29, 0.717) is 21.9 Å². The van der Waals surface area contributed by atoms with E-state index >= 15 is 0 Å². The first-order valence-electron chi connectivity index (χ1n) is 8.05. The maximum absolute atomic E-state index is 12.8. The number of hydrogen-bond donors (Lipinski definition) is 1. The molecule has 1 fully saturated rings. The van der Waals surface area contributed by atoms with Crippen molar-refractivity contribution in [1.82, 2.24) is 10.3 Å². The number of hydrogen-bond acceptors (Lipinski definition) is 6. The van der Waals surface area contributed by atoms with E-state index < -0.39 is 22.4 Å². The van der Waals surface area contributed by atoms with Gasteiger partial charge in [-0.25, -0.2) is 4.79 Å². The van der Waals surface area contributed by atoms with Crippen molar-refractivity contribution in [2.45, 2.75) is 12.5 Å². The van der Waals surface area contributed by atoms with Crippen molar-refractivity contribution in [2.24, 2.45) is 5.10 Å². The zero-order valence-corrected chi connectivity index (χ0v) is 15.6. The summed E-state index contributed by atoms with van der Waals surface area (Å²) in [5, 5.41) is 18.1. The van der Waals surface area contributed by atoms with Gasteiger partial charge in [0.05, 0.1) is 18.2 Å². The molecule has 0 spiro atoms. The number of urea groups is 1. The summed E-state index contributed by atoms with van der Waals surface area (Å²) in [4.78, 5) is 35.4. The number of amides is 3. The highest BCUT2D eigenvalue weighted by Crippen LogP contribution is 2.30. The molecule has 3 rings (SSSR count). The summed E-state index contributed by atoms with van der Waals surface area (Å²) in [6, 6.07) is 10.0. The standard InChI is InChI=1S/C18H15ClN4O5/c1-18(12-4-6-13(28-2)7-5-12)16(24)22(17(25)21-18)20-10-11-3-8-14(19)15(9-11)23(26)27/h3-10H,1-2H3,(H,21,25)/b20-10-/t18-/m1/s1. The lowest BCUT2D eigenvalue weighted by atomic mass is 9.92. The van der Waals surface area contributed by atoms with Gasteiger partial charge in [-0.15, -0.1) is 5.01 Å². The average molecular weight is 403 g/mol. The van der Waals surface area contributed by atoms with Gasteiger partial charge in [-0.1, -0.05) is 29.8 Å². The molecule has 0 aliphatic carbocycles. The minimum absolute atomic E-state index is 0.0239. The van der Waals surface area contributed by atoms with E-state index in [-0.39, 0.29) is 10.7 Å². The molecule has 9 nitrogen and oxygen atoms in total. The molecule has 28 heavy (non-hydrogen) atoms. The molecule has 0 radical (unpaired) electrons. The molecule has 0 bridgehead atoms. The Labute approximate surface area is 164 Å². The van der Waals surface area contributed by atoms with E-state index in [0.717, 1.165) is 0 Å². The largest absolute Gasteiger partial charge is 0.497 e. The highest BCUT2D eigenvalue weighted by Gasteiger charge is 2.49. The highest BCUT2D eigenvalue weighted by atomic mass is 35.5. The zero-order valence-electron chi connectivity index (χ0n) is 14.9. The summed E-state index contributed by atoms with van der Waals surface area (Å²) in [6.07, 6.45) is 1.18. The molecule has 1 N–H and O–H groups in total. The molecule has 144 valence electrons. The average Bonchev–Trinajstić information content (AvgIpc) is 2.90. The highest BCUT2D eigenvalue weighted by molar-refractivity contribution is 6.32. The van der Waals surface area contributed by atoms with Crippen LogP contribution in [-0.2, 0) is 10.3 Å². The normalized spacial score (nSPS) is 19.2. The number of rotatable bonds is 5. The maximum atomic E-state index is 12.8. The minimum Gasteiger partial charge on any atom is -0.497 e. The predicted molar refractivity (Wildman–Crippen MR) is 101 cm³/mol. The van der Waals surface area contributed by atoms with Crippen molar-refractivity contribution in [3.8, 4) is 5.75 Å². The van der Waals surface area contributed by atoms with Crippen LogP contribution in [-0.4, -0.2) is 35.2 Å². The van der Waals surface area contributed by atoms with Crippen LogP contribution >= 0.6 is 11.6 Å². The SMILES string of the molecule is COc1ccc([C@@]2(C)NC(=O)N(/N=C\c3ccc(Cl)c([N+](=O)[O-])c3)C2=O)cc1. The van der Waals surface area contributed by atoms with Crippen molar-refractivity contribution in [1.29, 1.82) is 0 Å². The van der Waals surface area contributed by atoms with Gasteiger partial charge in [0.1, 0.15) is 16.3 Å². The number of nitro benzene ring substituents is 1. The summed E-state index contributed by atoms with van der Waals surface area (Å²) in [6.45, 7) is 1.57. The Hall–Kier alpha value is -3.46. The number of carbonyl (C=O) groups is 2. The fourth-order valence-electron chi connectivity index (χ4n) is 2.72. The Morgan fingerprint density at radius 1 is 1.25 bits per heavy atom. The van der Waals surface area contributed by atoms with Crippen molar-refractivity contribution in [2.75, 3.05) is 7.11 Å². The Kier molecular flexibility index (Phi) is 5.02. The molecule has 0 aromatic heterocycles. The van der Waals surface area contributed by atoms with Crippen molar-refractivity contribution >= 4 is 35.4 Å². The summed E-state index contributed by atoms with van der Waals surface area (Å²) in [5.41, 5.74) is -0.723. The number of carbonyl (C=O) groups excluding carboxylic acids is 2. The molecular weight excluding hydrogens is 388 g/mol. The van der Waals surface area contributed by atoms with Gasteiger partial charge in [0.2, 0.25) is 0 Å². The second kappa shape index (κ2) is 7.28. The van der Waals surface area contributed by atoms with E-state index in [9.17, 15) is 19.7 Å². The Morgan fingerprint density at radius 3 is 2.54 bits per heavy atom. The number of hydrazone groups is 1. The molecule has 1 aliphatic heterocycles. The van der Waals surface area contributed by atoms with Crippen LogP contribution in [0, 0.1) is 10.1 Å². The second-order valence-corrected chi connectivity index (χ2v) is 6.52. The van der Waals surface area contributed by atoms with Crippen LogP contribution in [0.3, 0.4) is 0 Å². The smallest absolute Gasteiger partial charge is 0.346 e. The monoisotopic (exact) mass is 402 g/mol. The molecule has 0 saturated carbocycles. The first-order chi connectivity index (χ1) is 13.3. The lowest BCUT2D eigenvalue weighted by Gasteiger charge is -2.21. The molecule has 1 aliphatic rings. The van der Waals surface area contributed by atoms with E-state index in [4.69, 9.17) is 16.3 Å². The fourth-order valence-corrected chi connectivity index (χ4v) is 2.91. The molecule has 1 heterocycles. The van der Waals surface area contributed by atoms with E-state index in [1.807, 2.05) is 0 Å². The van der Waals surface area contributed by atoms with Crippen LogP contribution in [0.1, 0.15) is 18.1 Å². The van der Waals surface area contributed by atoms with Gasteiger partial charge in [-0.2, -0.15) is 5.10 Å². The molecule has 1 atom stereocenters. The molecule has 3 amide bonds. The Morgan fingerprint density at radius 2 is 1.93 bits per heavy atom. The number of ether oxygens (including phenoxy) is 1. The number of halogens is 1. The summed E-state index contributed by atoms with van der Waals surface area (Å²) in [7, 11) is 1.52. The summed E-state index contributed by atoms with van der Waals surface area (Å²) >= 11 is 5.77. The van der Waals surface area contributed by atoms with Crippen LogP contribution in [0.5, 0.6) is 5.75 Å². The Balaban J connectivity index is 1.86. The van der Waals surface area contributed by atoms with Gasteiger partial charge in [-0.3, -0.25) is 14.9 Å². The molecular formula is C18H15ClN4O5. The molecule has 2 aromatic rings. The van der Waals surface area contributed by atoms with Gasteiger partial charge in [-0.05, 0) is 30.7 Å². The maximum Gasteiger partial charge on any atom is 0.346 e. The van der Waals surface area contributed by atoms with Crippen molar-refractivity contribution in [3.63, 3.8) is 0 Å². The van der Waals surface area contributed by atoms with Crippen molar-refractivity contribution < 1.29 is 19.2 Å². The van der Waals surface area contributed by atoms with E-state index in [1.54, 1.807) is 31.2 Å². The van der Waals surface area contributed by atoms with Crippen LogP contribution in [0.2, 0.25) is 5.02 Å². The molecule has 2 aromatic carbocycles. The lowest BCUT2D eigenvalue weighted by molar-refractivity contribution is -0.384. The first kappa shape index (κ1) is 19.3. The number of nitro groups is 1. The van der Waals surface area contributed by atoms with Crippen LogP contribution in [0.4, 0.5) is 10.5 Å². The van der Waals surface area contributed by atoms with Crippen LogP contribution in [0.25, 0.3) is 0 Å². The lowest BCUT2D eigenvalue weighted by Crippen LogP contribution is -2.40. The van der Waals surface area contributed by atoms with Gasteiger partial charge in [0, 0.05) is 11.6 Å². The van der Waals surface area contributed by atoms with E-state index in [2.05, 4.69) is 10.4 Å². The zero-order chi connectivity index (χ0) is 20.5. The van der Waals surface area contributed by atoms with E-state index in [1.165, 1.54) is 31.5 Å². The molecule has 10 heteroatoms. The van der Waals surface area contributed by atoms with Crippen molar-refractivity contribution in [3.05, 3.63) is 68.7 Å². The van der Waals surface area contributed by atoms with Gasteiger partial charge < -0.3 is 10.1 Å². The molecule has 0 unspecified atom stereocenters. The number of nitrogens with zero attached hydrogens (tertiary/aromatic N) is 3. The third-order valence-electron chi connectivity index (χ3n) is 4.33. The number of benzene rings is 2. The fraction of sp³-hybridized carbons (Fsp3) is 0.167. The van der Waals surface area contributed by atoms with Gasteiger partial charge >= 0.3 is 6.03 Å². The Bertz CT molecular complexity index is 992. The third-order valence-corrected chi connectivity index (χ3v) is 4.65. The predicted octanol–water partition coefficient (Wildman–Crippen LogP) is 3.06. The number of methoxy groups -OCH3 is 1. The summed E-state index contributed by atoms with van der Waals surface area (Å²) < 4.78 is 5.09. The van der Waals surface area contributed by atoms with Crippen LogP contribution in [0.15, 0.2) is 47.6 Å². The quantitative estimate of drug-likeness (QED) is 0.357. The minimum atomic E-state index is -1.30. The third kappa shape index (κ3) is 3.39. The summed E-state index contributed by atoms with van der Waals surface area (Å²) in [5.74, 6) is 0.0331. The number of imide groups is 1. The van der Waals surface area contributed by atoms with Gasteiger partial charge in [0.15, 0.2) is 0 Å². The first-order valence-corrected chi connectivity index (χ1v) is 8.43. The number of nitrogens with one attached hydrogen (secondary N) is 1. The van der Waals surface area contributed by atoms with Crippen LogP contribution < -0.4 is 10.1 Å². The van der Waals surface area contributed by atoms with Gasteiger partial charge in [0.25, 0.3) is 11.6 Å².